The van der Waals surface area contributed by atoms with E-state index >= 15 is 0 Å². The molecule has 1 unspecified atom stereocenters. The highest BCUT2D eigenvalue weighted by Gasteiger charge is 2.27. The van der Waals surface area contributed by atoms with Gasteiger partial charge in [-0.2, -0.15) is 0 Å². The van der Waals surface area contributed by atoms with E-state index in [0.717, 1.165) is 31.1 Å². The third-order valence-corrected chi connectivity index (χ3v) is 4.84. The predicted octanol–water partition coefficient (Wildman–Crippen LogP) is 4.33. The maximum absolute atomic E-state index is 6.03. The van der Waals surface area contributed by atoms with Crippen LogP contribution in [0.15, 0.2) is 67.0 Å². The molecule has 1 saturated heterocycles. The van der Waals surface area contributed by atoms with Crippen LogP contribution in [-0.2, 0) is 11.3 Å². The normalized spacial score (nSPS) is 17.5. The van der Waals surface area contributed by atoms with Gasteiger partial charge in [0.1, 0.15) is 12.0 Å². The van der Waals surface area contributed by atoms with Crippen LogP contribution >= 0.6 is 0 Å². The van der Waals surface area contributed by atoms with Gasteiger partial charge in [0, 0.05) is 42.8 Å². The van der Waals surface area contributed by atoms with E-state index in [-0.39, 0.29) is 6.23 Å². The van der Waals surface area contributed by atoms with Gasteiger partial charge in [-0.15, -0.1) is 0 Å². The quantitative estimate of drug-likeness (QED) is 0.687. The summed E-state index contributed by atoms with van der Waals surface area (Å²) < 4.78 is 13.5. The van der Waals surface area contributed by atoms with Crippen molar-refractivity contribution >= 4 is 0 Å². The summed E-state index contributed by atoms with van der Waals surface area (Å²) in [6, 6.07) is 18.9. The van der Waals surface area contributed by atoms with Gasteiger partial charge in [0.25, 0.3) is 0 Å². The van der Waals surface area contributed by atoms with E-state index < -0.39 is 0 Å². The van der Waals surface area contributed by atoms with Crippen molar-refractivity contribution in [2.24, 2.45) is 0 Å². The molecule has 0 aliphatic carbocycles. The summed E-state index contributed by atoms with van der Waals surface area (Å²) in [6.07, 6.45) is 4.23. The SMILES string of the molecule is COc1cccc(-n2ccc(C3OCCN3Cc3ccc(C)cc3)c2)c1. The molecule has 0 radical (unpaired) electrons. The number of ether oxygens (including phenoxy) is 2. The number of hydrogen-bond acceptors (Lipinski definition) is 3. The first-order chi connectivity index (χ1) is 12.7. The van der Waals surface area contributed by atoms with E-state index in [1.54, 1.807) is 7.11 Å². The van der Waals surface area contributed by atoms with Crippen LogP contribution in [0.25, 0.3) is 5.69 Å². The van der Waals surface area contributed by atoms with Crippen LogP contribution in [0.3, 0.4) is 0 Å². The third kappa shape index (κ3) is 3.52. The zero-order valence-electron chi connectivity index (χ0n) is 15.3. The van der Waals surface area contributed by atoms with Crippen molar-refractivity contribution in [3.63, 3.8) is 0 Å². The topological polar surface area (TPSA) is 26.6 Å². The molecule has 2 heterocycles. The Bertz CT molecular complexity index is 870. The molecule has 3 aromatic rings. The molecule has 0 bridgehead atoms. The zero-order valence-corrected chi connectivity index (χ0v) is 15.3. The number of benzene rings is 2. The number of hydrogen-bond donors (Lipinski definition) is 0. The van der Waals surface area contributed by atoms with Crippen molar-refractivity contribution in [2.75, 3.05) is 20.3 Å². The van der Waals surface area contributed by atoms with Crippen LogP contribution in [0.2, 0.25) is 0 Å². The second-order valence-corrected chi connectivity index (χ2v) is 6.73. The molecular formula is C22H24N2O2. The Hall–Kier alpha value is -2.56. The number of aromatic nitrogens is 1. The average molecular weight is 348 g/mol. The Morgan fingerprint density at radius 2 is 1.96 bits per heavy atom. The molecule has 1 fully saturated rings. The zero-order chi connectivity index (χ0) is 17.9. The van der Waals surface area contributed by atoms with E-state index in [0.29, 0.717) is 0 Å². The Balaban J connectivity index is 1.53. The summed E-state index contributed by atoms with van der Waals surface area (Å²) in [5.74, 6) is 0.857. The largest absolute Gasteiger partial charge is 0.497 e. The van der Waals surface area contributed by atoms with Gasteiger partial charge < -0.3 is 14.0 Å². The predicted molar refractivity (Wildman–Crippen MR) is 103 cm³/mol. The second-order valence-electron chi connectivity index (χ2n) is 6.73. The monoisotopic (exact) mass is 348 g/mol. The summed E-state index contributed by atoms with van der Waals surface area (Å²) in [5.41, 5.74) is 4.87. The molecule has 1 atom stereocenters. The van der Waals surface area contributed by atoms with Gasteiger partial charge in [-0.05, 0) is 30.7 Å². The van der Waals surface area contributed by atoms with Crippen molar-refractivity contribution in [2.45, 2.75) is 19.7 Å². The molecule has 0 saturated carbocycles. The van der Waals surface area contributed by atoms with Crippen LogP contribution in [-0.4, -0.2) is 29.7 Å². The van der Waals surface area contributed by atoms with Crippen molar-refractivity contribution in [3.05, 3.63) is 83.7 Å². The molecular weight excluding hydrogens is 324 g/mol. The maximum Gasteiger partial charge on any atom is 0.138 e. The third-order valence-electron chi connectivity index (χ3n) is 4.84. The van der Waals surface area contributed by atoms with Crippen LogP contribution in [0, 0.1) is 6.92 Å². The van der Waals surface area contributed by atoms with Gasteiger partial charge in [0.05, 0.1) is 13.7 Å². The first-order valence-corrected chi connectivity index (χ1v) is 8.96. The van der Waals surface area contributed by atoms with Crippen LogP contribution in [0.1, 0.15) is 22.9 Å². The fraction of sp³-hybridized carbons (Fsp3) is 0.273. The summed E-state index contributed by atoms with van der Waals surface area (Å²) in [5, 5.41) is 0. The summed E-state index contributed by atoms with van der Waals surface area (Å²) >= 11 is 0. The molecule has 2 aromatic carbocycles. The highest BCUT2D eigenvalue weighted by atomic mass is 16.5. The van der Waals surface area contributed by atoms with Crippen molar-refractivity contribution in [1.29, 1.82) is 0 Å². The molecule has 4 rings (SSSR count). The minimum atomic E-state index is 0.00293. The molecule has 1 aliphatic rings. The summed E-state index contributed by atoms with van der Waals surface area (Å²) in [4.78, 5) is 2.38. The van der Waals surface area contributed by atoms with Crippen molar-refractivity contribution < 1.29 is 9.47 Å². The molecule has 4 nitrogen and oxygen atoms in total. The smallest absolute Gasteiger partial charge is 0.138 e. The van der Waals surface area contributed by atoms with Gasteiger partial charge in [0.2, 0.25) is 0 Å². The molecule has 0 N–H and O–H groups in total. The van der Waals surface area contributed by atoms with E-state index in [9.17, 15) is 0 Å². The minimum Gasteiger partial charge on any atom is -0.497 e. The maximum atomic E-state index is 6.03. The van der Waals surface area contributed by atoms with E-state index in [2.05, 4.69) is 65.2 Å². The fourth-order valence-corrected chi connectivity index (χ4v) is 3.39. The van der Waals surface area contributed by atoms with Gasteiger partial charge in [-0.3, -0.25) is 4.90 Å². The number of methoxy groups -OCH3 is 1. The lowest BCUT2D eigenvalue weighted by Crippen LogP contribution is -2.23. The Labute approximate surface area is 154 Å². The molecule has 1 aliphatic heterocycles. The molecule has 0 spiro atoms. The van der Waals surface area contributed by atoms with Crippen molar-refractivity contribution in [3.8, 4) is 11.4 Å². The molecule has 4 heteroatoms. The van der Waals surface area contributed by atoms with Crippen LogP contribution in [0.5, 0.6) is 5.75 Å². The lowest BCUT2D eigenvalue weighted by molar-refractivity contribution is 0.0288. The lowest BCUT2D eigenvalue weighted by Gasteiger charge is -2.22. The molecule has 134 valence electrons. The first kappa shape index (κ1) is 16.9. The van der Waals surface area contributed by atoms with Gasteiger partial charge in [-0.25, -0.2) is 0 Å². The standard InChI is InChI=1S/C22H24N2O2/c1-17-6-8-18(9-7-17)15-24-12-13-26-22(24)19-10-11-23(16-19)20-4-3-5-21(14-20)25-2/h3-11,14,16,22H,12-13,15H2,1-2H3. The van der Waals surface area contributed by atoms with Crippen LogP contribution in [0.4, 0.5) is 0 Å². The first-order valence-electron chi connectivity index (χ1n) is 8.96. The summed E-state index contributed by atoms with van der Waals surface area (Å²) in [6.45, 7) is 4.73. The van der Waals surface area contributed by atoms with Crippen LogP contribution < -0.4 is 4.74 Å². The van der Waals surface area contributed by atoms with Gasteiger partial charge in [0.15, 0.2) is 0 Å². The highest BCUT2D eigenvalue weighted by molar-refractivity contribution is 5.40. The second kappa shape index (κ2) is 7.36. The number of nitrogens with zero attached hydrogens (tertiary/aromatic N) is 2. The Morgan fingerprint density at radius 3 is 2.77 bits per heavy atom. The van der Waals surface area contributed by atoms with E-state index in [1.807, 2.05) is 18.2 Å². The number of aryl methyl sites for hydroxylation is 1. The fourth-order valence-electron chi connectivity index (χ4n) is 3.39. The average Bonchev–Trinajstić information content (AvgIpc) is 3.33. The van der Waals surface area contributed by atoms with Crippen molar-refractivity contribution in [1.82, 2.24) is 9.47 Å². The Kier molecular flexibility index (Phi) is 4.78. The summed E-state index contributed by atoms with van der Waals surface area (Å²) in [7, 11) is 1.69. The minimum absolute atomic E-state index is 0.00293. The lowest BCUT2D eigenvalue weighted by atomic mass is 10.1. The highest BCUT2D eigenvalue weighted by Crippen LogP contribution is 2.30. The van der Waals surface area contributed by atoms with E-state index in [4.69, 9.17) is 9.47 Å². The van der Waals surface area contributed by atoms with E-state index in [1.165, 1.54) is 16.7 Å². The number of rotatable bonds is 5. The van der Waals surface area contributed by atoms with Gasteiger partial charge in [-0.1, -0.05) is 35.9 Å². The molecule has 26 heavy (non-hydrogen) atoms. The molecule has 1 aromatic heterocycles. The molecule has 0 amide bonds. The van der Waals surface area contributed by atoms with Gasteiger partial charge >= 0.3 is 0 Å². The Morgan fingerprint density at radius 1 is 1.12 bits per heavy atom.